The van der Waals surface area contributed by atoms with Gasteiger partial charge in [0.15, 0.2) is 0 Å². The fraction of sp³-hybridized carbons (Fsp3) is 0.462. The van der Waals surface area contributed by atoms with Gasteiger partial charge in [0, 0.05) is 6.54 Å². The molecule has 0 bridgehead atoms. The number of piperidine rings is 1. The van der Waals surface area contributed by atoms with E-state index in [1.165, 1.54) is 12.1 Å². The van der Waals surface area contributed by atoms with Crippen molar-refractivity contribution in [2.75, 3.05) is 6.54 Å². The molecule has 0 aliphatic carbocycles. The van der Waals surface area contributed by atoms with Crippen molar-refractivity contribution in [1.82, 2.24) is 4.90 Å². The van der Waals surface area contributed by atoms with Crippen molar-refractivity contribution in [2.45, 2.75) is 30.6 Å². The molecule has 1 saturated heterocycles. The van der Waals surface area contributed by atoms with Crippen LogP contribution in [0.4, 0.5) is 4.39 Å². The molecule has 2 unspecified atom stereocenters. The van der Waals surface area contributed by atoms with Crippen molar-refractivity contribution in [1.29, 1.82) is 0 Å². The summed E-state index contributed by atoms with van der Waals surface area (Å²) < 4.78 is 12.8. The molecule has 1 aromatic carbocycles. The fourth-order valence-corrected chi connectivity index (χ4v) is 2.75. The second-order valence-corrected chi connectivity index (χ2v) is 5.47. The van der Waals surface area contributed by atoms with Crippen LogP contribution >= 0.6 is 15.9 Å². The van der Waals surface area contributed by atoms with Gasteiger partial charge < -0.3 is 4.90 Å². The third-order valence-corrected chi connectivity index (χ3v) is 4.08. The van der Waals surface area contributed by atoms with Crippen LogP contribution in [0.1, 0.15) is 31.4 Å². The maximum absolute atomic E-state index is 12.8. The number of benzene rings is 1. The van der Waals surface area contributed by atoms with Crippen LogP contribution in [0.15, 0.2) is 24.3 Å². The van der Waals surface area contributed by atoms with E-state index >= 15 is 0 Å². The number of nitrogens with zero attached hydrogens (tertiary/aromatic N) is 1. The third kappa shape index (κ3) is 2.68. The van der Waals surface area contributed by atoms with Gasteiger partial charge >= 0.3 is 0 Å². The van der Waals surface area contributed by atoms with E-state index in [9.17, 15) is 9.18 Å². The minimum atomic E-state index is -0.246. The van der Waals surface area contributed by atoms with Gasteiger partial charge in [-0.05, 0) is 37.5 Å². The first-order valence-corrected chi connectivity index (χ1v) is 6.71. The second kappa shape index (κ2) is 5.17. The first kappa shape index (κ1) is 12.6. The first-order valence-electron chi connectivity index (χ1n) is 5.79. The Bertz CT molecular complexity index is 406. The number of amides is 1. The molecule has 2 nitrogen and oxygen atoms in total. The Morgan fingerprint density at radius 2 is 2.06 bits per heavy atom. The molecule has 2 rings (SSSR count). The molecule has 1 aromatic rings. The Hall–Kier alpha value is -0.900. The maximum Gasteiger partial charge on any atom is 0.236 e. The summed E-state index contributed by atoms with van der Waals surface area (Å²) in [6.45, 7) is 2.76. The molecular formula is C13H15BrFNO. The lowest BCUT2D eigenvalue weighted by Crippen LogP contribution is -2.43. The van der Waals surface area contributed by atoms with Crippen molar-refractivity contribution < 1.29 is 9.18 Å². The van der Waals surface area contributed by atoms with Crippen LogP contribution in [0.3, 0.4) is 0 Å². The monoisotopic (exact) mass is 299 g/mol. The number of hydrogen-bond acceptors (Lipinski definition) is 1. The van der Waals surface area contributed by atoms with Crippen molar-refractivity contribution in [3.63, 3.8) is 0 Å². The Morgan fingerprint density at radius 1 is 1.41 bits per heavy atom. The van der Waals surface area contributed by atoms with E-state index in [1.807, 2.05) is 11.8 Å². The van der Waals surface area contributed by atoms with E-state index in [2.05, 4.69) is 15.9 Å². The van der Waals surface area contributed by atoms with Crippen LogP contribution in [0.2, 0.25) is 0 Å². The summed E-state index contributed by atoms with van der Waals surface area (Å²) in [5, 5.41) is 0. The molecule has 1 heterocycles. The molecule has 0 saturated carbocycles. The van der Waals surface area contributed by atoms with Crippen LogP contribution in [0, 0.1) is 5.82 Å². The van der Waals surface area contributed by atoms with Gasteiger partial charge in [-0.3, -0.25) is 4.79 Å². The summed E-state index contributed by atoms with van der Waals surface area (Å²) in [6.07, 6.45) is 1.90. The van der Waals surface area contributed by atoms with Gasteiger partial charge in [-0.25, -0.2) is 4.39 Å². The van der Waals surface area contributed by atoms with E-state index < -0.39 is 0 Å². The van der Waals surface area contributed by atoms with E-state index in [1.54, 1.807) is 12.1 Å². The highest BCUT2D eigenvalue weighted by atomic mass is 79.9. The lowest BCUT2D eigenvalue weighted by molar-refractivity contribution is -0.134. The zero-order valence-corrected chi connectivity index (χ0v) is 11.3. The fourth-order valence-electron chi connectivity index (χ4n) is 2.16. The molecule has 1 aliphatic rings. The molecule has 1 fully saturated rings. The van der Waals surface area contributed by atoms with Crippen molar-refractivity contribution in [3.05, 3.63) is 35.6 Å². The summed E-state index contributed by atoms with van der Waals surface area (Å²) >= 11 is 3.40. The molecule has 1 aliphatic heterocycles. The molecule has 1 amide bonds. The Morgan fingerprint density at radius 3 is 2.71 bits per heavy atom. The quantitative estimate of drug-likeness (QED) is 0.768. The third-order valence-electron chi connectivity index (χ3n) is 3.23. The van der Waals surface area contributed by atoms with E-state index in [4.69, 9.17) is 0 Å². The molecule has 0 aromatic heterocycles. The van der Waals surface area contributed by atoms with Gasteiger partial charge in [0.2, 0.25) is 5.91 Å². The SMILES string of the molecule is CC(c1ccc(F)cc1)N1CCCC(Br)C1=O. The van der Waals surface area contributed by atoms with Crippen LogP contribution in [-0.4, -0.2) is 22.2 Å². The van der Waals surface area contributed by atoms with Gasteiger partial charge in [-0.15, -0.1) is 0 Å². The minimum Gasteiger partial charge on any atom is -0.335 e. The Labute approximate surface area is 109 Å². The van der Waals surface area contributed by atoms with Crippen molar-refractivity contribution in [2.24, 2.45) is 0 Å². The molecule has 92 valence electrons. The summed E-state index contributed by atoms with van der Waals surface area (Å²) in [4.78, 5) is 13.8. The van der Waals surface area contributed by atoms with E-state index in [0.29, 0.717) is 0 Å². The zero-order valence-electron chi connectivity index (χ0n) is 9.70. The molecule has 4 heteroatoms. The summed E-state index contributed by atoms with van der Waals surface area (Å²) in [6, 6.07) is 6.36. The first-order chi connectivity index (χ1) is 8.09. The van der Waals surface area contributed by atoms with E-state index in [0.717, 1.165) is 24.9 Å². The van der Waals surface area contributed by atoms with Crippen LogP contribution in [0.5, 0.6) is 0 Å². The van der Waals surface area contributed by atoms with Gasteiger partial charge in [0.25, 0.3) is 0 Å². The van der Waals surface area contributed by atoms with Crippen molar-refractivity contribution in [3.8, 4) is 0 Å². The smallest absolute Gasteiger partial charge is 0.236 e. The topological polar surface area (TPSA) is 20.3 Å². The molecule has 0 radical (unpaired) electrons. The molecular weight excluding hydrogens is 285 g/mol. The van der Waals surface area contributed by atoms with Gasteiger partial charge in [-0.2, -0.15) is 0 Å². The van der Waals surface area contributed by atoms with Crippen LogP contribution in [-0.2, 0) is 4.79 Å². The normalized spacial score (nSPS) is 22.6. The highest BCUT2D eigenvalue weighted by molar-refractivity contribution is 9.10. The number of alkyl halides is 1. The minimum absolute atomic E-state index is 0.00319. The number of hydrogen-bond donors (Lipinski definition) is 0. The van der Waals surface area contributed by atoms with Gasteiger partial charge in [0.05, 0.1) is 10.9 Å². The average Bonchev–Trinajstić information content (AvgIpc) is 2.33. The van der Waals surface area contributed by atoms with Crippen molar-refractivity contribution >= 4 is 21.8 Å². The predicted molar refractivity (Wildman–Crippen MR) is 68.5 cm³/mol. The number of carbonyl (C=O) groups excluding carboxylic acids is 1. The number of carbonyl (C=O) groups is 1. The largest absolute Gasteiger partial charge is 0.335 e. The molecule has 2 atom stereocenters. The highest BCUT2D eigenvalue weighted by Crippen LogP contribution is 2.27. The van der Waals surface area contributed by atoms with E-state index in [-0.39, 0.29) is 22.6 Å². The molecule has 0 spiro atoms. The summed E-state index contributed by atoms with van der Waals surface area (Å²) in [5.41, 5.74) is 0.973. The number of likely N-dealkylation sites (tertiary alicyclic amines) is 1. The lowest BCUT2D eigenvalue weighted by Gasteiger charge is -2.35. The maximum atomic E-state index is 12.8. The van der Waals surface area contributed by atoms with Crippen LogP contribution < -0.4 is 0 Å². The zero-order chi connectivity index (χ0) is 12.4. The lowest BCUT2D eigenvalue weighted by atomic mass is 10.0. The molecule has 0 N–H and O–H groups in total. The number of rotatable bonds is 2. The second-order valence-electron chi connectivity index (χ2n) is 4.37. The Kier molecular flexibility index (Phi) is 3.82. The summed E-state index contributed by atoms with van der Waals surface area (Å²) in [5.74, 6) is -0.114. The Balaban J connectivity index is 2.16. The average molecular weight is 300 g/mol. The summed E-state index contributed by atoms with van der Waals surface area (Å²) in [7, 11) is 0. The highest BCUT2D eigenvalue weighted by Gasteiger charge is 2.30. The van der Waals surface area contributed by atoms with Gasteiger partial charge in [-0.1, -0.05) is 28.1 Å². The number of halogens is 2. The molecule has 17 heavy (non-hydrogen) atoms. The van der Waals surface area contributed by atoms with Gasteiger partial charge in [0.1, 0.15) is 5.82 Å². The standard InChI is InChI=1S/C13H15BrFNO/c1-9(10-4-6-11(15)7-5-10)16-8-2-3-12(14)13(16)17/h4-7,9,12H,2-3,8H2,1H3. The van der Waals surface area contributed by atoms with Crippen LogP contribution in [0.25, 0.3) is 0 Å². The predicted octanol–water partition coefficient (Wildman–Crippen LogP) is 3.27.